The van der Waals surface area contributed by atoms with Gasteiger partial charge in [-0.3, -0.25) is 4.79 Å². The standard InChI is InChI=1S/C10H21N3O2/c1-8-5-9(6-13(8)2)12-3-4-15-7-10(11)14/h8-9,12H,3-7H2,1-2H3,(H2,11,14). The first-order valence-corrected chi connectivity index (χ1v) is 5.39. The number of amides is 1. The molecule has 0 saturated carbocycles. The van der Waals surface area contributed by atoms with Crippen LogP contribution in [0.2, 0.25) is 0 Å². The fourth-order valence-electron chi connectivity index (χ4n) is 1.85. The molecule has 15 heavy (non-hydrogen) atoms. The van der Waals surface area contributed by atoms with Crippen LogP contribution >= 0.6 is 0 Å². The number of ether oxygens (including phenoxy) is 1. The Morgan fingerprint density at radius 3 is 2.93 bits per heavy atom. The molecule has 3 N–H and O–H groups in total. The SMILES string of the molecule is CC1CC(NCCOCC(N)=O)CN1C. The minimum absolute atomic E-state index is 0.0165. The molecular formula is C10H21N3O2. The minimum Gasteiger partial charge on any atom is -0.370 e. The average Bonchev–Trinajstić information content (AvgIpc) is 2.45. The number of carbonyl (C=O) groups is 1. The zero-order valence-electron chi connectivity index (χ0n) is 9.53. The predicted molar refractivity (Wildman–Crippen MR) is 58.5 cm³/mol. The third-order valence-electron chi connectivity index (χ3n) is 2.81. The highest BCUT2D eigenvalue weighted by molar-refractivity contribution is 5.74. The van der Waals surface area contributed by atoms with Crippen LogP contribution in [0.5, 0.6) is 0 Å². The molecule has 1 saturated heterocycles. The zero-order valence-corrected chi connectivity index (χ0v) is 9.53. The van der Waals surface area contributed by atoms with Crippen molar-refractivity contribution >= 4 is 5.91 Å². The van der Waals surface area contributed by atoms with Crippen LogP contribution in [0.1, 0.15) is 13.3 Å². The molecule has 0 aromatic carbocycles. The molecule has 1 fully saturated rings. The summed E-state index contributed by atoms with van der Waals surface area (Å²) < 4.78 is 5.06. The van der Waals surface area contributed by atoms with Crippen LogP contribution in [-0.4, -0.2) is 56.2 Å². The maximum atomic E-state index is 10.4. The van der Waals surface area contributed by atoms with Gasteiger partial charge in [0.1, 0.15) is 6.61 Å². The second kappa shape index (κ2) is 6.05. The van der Waals surface area contributed by atoms with Crippen LogP contribution in [0.4, 0.5) is 0 Å². The summed E-state index contributed by atoms with van der Waals surface area (Å²) in [6, 6.07) is 1.19. The highest BCUT2D eigenvalue weighted by Gasteiger charge is 2.25. The normalized spacial score (nSPS) is 27.1. The van der Waals surface area contributed by atoms with Crippen LogP contribution in [0.15, 0.2) is 0 Å². The maximum absolute atomic E-state index is 10.4. The van der Waals surface area contributed by atoms with Gasteiger partial charge in [-0.15, -0.1) is 0 Å². The molecule has 0 radical (unpaired) electrons. The fourth-order valence-corrected chi connectivity index (χ4v) is 1.85. The molecule has 0 aromatic rings. The lowest BCUT2D eigenvalue weighted by Crippen LogP contribution is -2.34. The molecule has 1 amide bonds. The van der Waals surface area contributed by atoms with E-state index in [-0.39, 0.29) is 6.61 Å². The quantitative estimate of drug-likeness (QED) is 0.568. The molecule has 0 spiro atoms. The lowest BCUT2D eigenvalue weighted by atomic mass is 10.2. The summed E-state index contributed by atoms with van der Waals surface area (Å²) in [4.78, 5) is 12.7. The lowest BCUT2D eigenvalue weighted by Gasteiger charge is -2.13. The lowest BCUT2D eigenvalue weighted by molar-refractivity contribution is -0.122. The van der Waals surface area contributed by atoms with Gasteiger partial charge in [-0.2, -0.15) is 0 Å². The van der Waals surface area contributed by atoms with Crippen molar-refractivity contribution in [3.63, 3.8) is 0 Å². The van der Waals surface area contributed by atoms with Crippen LogP contribution < -0.4 is 11.1 Å². The average molecular weight is 215 g/mol. The fraction of sp³-hybridized carbons (Fsp3) is 0.900. The Hall–Kier alpha value is -0.650. The Morgan fingerprint density at radius 1 is 1.67 bits per heavy atom. The Kier molecular flexibility index (Phi) is 5.01. The van der Waals surface area contributed by atoms with Gasteiger partial charge in [-0.25, -0.2) is 0 Å². The van der Waals surface area contributed by atoms with Crippen molar-refractivity contribution in [2.24, 2.45) is 5.73 Å². The number of nitrogens with two attached hydrogens (primary N) is 1. The van der Waals surface area contributed by atoms with Gasteiger partial charge in [-0.1, -0.05) is 0 Å². The Morgan fingerprint density at radius 2 is 2.40 bits per heavy atom. The molecule has 1 aliphatic rings. The zero-order chi connectivity index (χ0) is 11.3. The van der Waals surface area contributed by atoms with Crippen molar-refractivity contribution in [3.8, 4) is 0 Å². The van der Waals surface area contributed by atoms with E-state index >= 15 is 0 Å². The van der Waals surface area contributed by atoms with Gasteiger partial charge < -0.3 is 20.7 Å². The largest absolute Gasteiger partial charge is 0.370 e. The number of rotatable bonds is 6. The summed E-state index contributed by atoms with van der Waals surface area (Å²) in [5.74, 6) is -0.413. The minimum atomic E-state index is -0.413. The summed E-state index contributed by atoms with van der Waals surface area (Å²) in [6.07, 6.45) is 1.17. The van der Waals surface area contributed by atoms with Crippen molar-refractivity contribution in [3.05, 3.63) is 0 Å². The van der Waals surface area contributed by atoms with Gasteiger partial charge in [0, 0.05) is 25.2 Å². The van der Waals surface area contributed by atoms with Gasteiger partial charge in [-0.05, 0) is 20.4 Å². The topological polar surface area (TPSA) is 67.6 Å². The predicted octanol–water partition coefficient (Wildman–Crippen LogP) is -0.829. The molecule has 0 aromatic heterocycles. The molecule has 1 heterocycles. The second-order valence-corrected chi connectivity index (χ2v) is 4.19. The van der Waals surface area contributed by atoms with E-state index < -0.39 is 5.91 Å². The van der Waals surface area contributed by atoms with Gasteiger partial charge in [0.2, 0.25) is 5.91 Å². The molecule has 2 atom stereocenters. The van der Waals surface area contributed by atoms with Crippen LogP contribution in [0, 0.1) is 0 Å². The number of likely N-dealkylation sites (tertiary alicyclic amines) is 1. The Bertz CT molecular complexity index is 201. The molecule has 5 heteroatoms. The third kappa shape index (κ3) is 4.59. The van der Waals surface area contributed by atoms with Gasteiger partial charge in [0.25, 0.3) is 0 Å². The molecular weight excluding hydrogens is 194 g/mol. The summed E-state index contributed by atoms with van der Waals surface area (Å²) in [5, 5.41) is 3.40. The van der Waals surface area contributed by atoms with E-state index in [1.54, 1.807) is 0 Å². The van der Waals surface area contributed by atoms with Crippen molar-refractivity contribution in [1.29, 1.82) is 0 Å². The van der Waals surface area contributed by atoms with Gasteiger partial charge in [0.15, 0.2) is 0 Å². The number of nitrogens with one attached hydrogen (secondary N) is 1. The molecule has 1 rings (SSSR count). The highest BCUT2D eigenvalue weighted by Crippen LogP contribution is 2.14. The van der Waals surface area contributed by atoms with Gasteiger partial charge >= 0.3 is 0 Å². The van der Waals surface area contributed by atoms with E-state index in [2.05, 4.69) is 24.2 Å². The van der Waals surface area contributed by atoms with E-state index in [4.69, 9.17) is 10.5 Å². The number of hydrogen-bond acceptors (Lipinski definition) is 4. The molecule has 0 aliphatic carbocycles. The van der Waals surface area contributed by atoms with E-state index in [0.717, 1.165) is 13.1 Å². The number of hydrogen-bond donors (Lipinski definition) is 2. The third-order valence-corrected chi connectivity index (χ3v) is 2.81. The maximum Gasteiger partial charge on any atom is 0.243 e. The highest BCUT2D eigenvalue weighted by atomic mass is 16.5. The number of nitrogens with zero attached hydrogens (tertiary/aromatic N) is 1. The molecule has 5 nitrogen and oxygen atoms in total. The number of carbonyl (C=O) groups excluding carboxylic acids is 1. The summed E-state index contributed by atoms with van der Waals surface area (Å²) >= 11 is 0. The van der Waals surface area contributed by atoms with Crippen molar-refractivity contribution in [1.82, 2.24) is 10.2 Å². The molecule has 1 aliphatic heterocycles. The smallest absolute Gasteiger partial charge is 0.243 e. The first-order valence-electron chi connectivity index (χ1n) is 5.39. The van der Waals surface area contributed by atoms with Gasteiger partial charge in [0.05, 0.1) is 6.61 Å². The van der Waals surface area contributed by atoms with Crippen molar-refractivity contribution in [2.45, 2.75) is 25.4 Å². The van der Waals surface area contributed by atoms with E-state index in [0.29, 0.717) is 18.7 Å². The van der Waals surface area contributed by atoms with Crippen molar-refractivity contribution < 1.29 is 9.53 Å². The van der Waals surface area contributed by atoms with Crippen LogP contribution in [-0.2, 0) is 9.53 Å². The second-order valence-electron chi connectivity index (χ2n) is 4.19. The number of primary amides is 1. The summed E-state index contributed by atoms with van der Waals surface area (Å²) in [7, 11) is 2.13. The molecule has 88 valence electrons. The van der Waals surface area contributed by atoms with Crippen LogP contribution in [0.3, 0.4) is 0 Å². The van der Waals surface area contributed by atoms with E-state index in [9.17, 15) is 4.79 Å². The van der Waals surface area contributed by atoms with Crippen molar-refractivity contribution in [2.75, 3.05) is 33.4 Å². The Labute approximate surface area is 90.9 Å². The first kappa shape index (κ1) is 12.4. The van der Waals surface area contributed by atoms with Crippen LogP contribution in [0.25, 0.3) is 0 Å². The summed E-state index contributed by atoms with van der Waals surface area (Å²) in [5.41, 5.74) is 4.94. The van der Waals surface area contributed by atoms with E-state index in [1.165, 1.54) is 6.42 Å². The molecule has 2 unspecified atom stereocenters. The molecule has 0 bridgehead atoms. The van der Waals surface area contributed by atoms with E-state index in [1.807, 2.05) is 0 Å². The Balaban J connectivity index is 1.99. The monoisotopic (exact) mass is 215 g/mol. The number of likely N-dealkylation sites (N-methyl/N-ethyl adjacent to an activating group) is 1. The summed E-state index contributed by atoms with van der Waals surface area (Å²) in [6.45, 7) is 4.64. The first-order chi connectivity index (χ1) is 7.09.